The molecule has 2 aromatic rings. The molecule has 0 aliphatic rings. The van der Waals surface area contributed by atoms with Crippen molar-refractivity contribution in [2.45, 2.75) is 53.4 Å². The Kier molecular flexibility index (Phi) is 4.13. The summed E-state index contributed by atoms with van der Waals surface area (Å²) in [5.41, 5.74) is 4.20. The number of aromatic hydroxyl groups is 1. The summed E-state index contributed by atoms with van der Waals surface area (Å²) in [5, 5.41) is 14.7. The fraction of sp³-hybridized carbons (Fsp3) is 0.500. The SMILES string of the molecule is Cc1ccc(-n2nc(O)c(CC(C)C)c2C(C)(C)C)cc1. The van der Waals surface area contributed by atoms with Crippen LogP contribution in [0, 0.1) is 12.8 Å². The summed E-state index contributed by atoms with van der Waals surface area (Å²) < 4.78 is 1.90. The summed E-state index contributed by atoms with van der Waals surface area (Å²) >= 11 is 0. The molecule has 0 amide bonds. The predicted molar refractivity (Wildman–Crippen MR) is 87.2 cm³/mol. The largest absolute Gasteiger partial charge is 0.492 e. The Morgan fingerprint density at radius 2 is 1.71 bits per heavy atom. The van der Waals surface area contributed by atoms with Crippen LogP contribution in [0.2, 0.25) is 0 Å². The highest BCUT2D eigenvalue weighted by molar-refractivity contribution is 5.43. The second kappa shape index (κ2) is 5.55. The topological polar surface area (TPSA) is 38.0 Å². The molecule has 0 fully saturated rings. The van der Waals surface area contributed by atoms with Crippen LogP contribution >= 0.6 is 0 Å². The highest BCUT2D eigenvalue weighted by Crippen LogP contribution is 2.34. The van der Waals surface area contributed by atoms with E-state index in [1.165, 1.54) is 5.56 Å². The van der Waals surface area contributed by atoms with Crippen molar-refractivity contribution in [3.63, 3.8) is 0 Å². The fourth-order valence-electron chi connectivity index (χ4n) is 2.68. The lowest BCUT2D eigenvalue weighted by Gasteiger charge is -2.23. The molecule has 0 aliphatic heterocycles. The minimum Gasteiger partial charge on any atom is -0.492 e. The quantitative estimate of drug-likeness (QED) is 0.909. The van der Waals surface area contributed by atoms with Gasteiger partial charge in [0.05, 0.1) is 11.4 Å². The molecule has 1 aromatic carbocycles. The highest BCUT2D eigenvalue weighted by atomic mass is 16.3. The van der Waals surface area contributed by atoms with E-state index >= 15 is 0 Å². The molecule has 0 saturated heterocycles. The first-order chi connectivity index (χ1) is 9.70. The Balaban J connectivity index is 2.63. The molecule has 0 unspecified atom stereocenters. The monoisotopic (exact) mass is 286 g/mol. The second-order valence-electron chi connectivity index (χ2n) is 7.25. The molecule has 1 heterocycles. The van der Waals surface area contributed by atoms with Gasteiger partial charge in [0.25, 0.3) is 0 Å². The lowest BCUT2D eigenvalue weighted by atomic mass is 9.86. The van der Waals surface area contributed by atoms with Crippen molar-refractivity contribution in [1.29, 1.82) is 0 Å². The van der Waals surface area contributed by atoms with Gasteiger partial charge in [0.1, 0.15) is 0 Å². The average Bonchev–Trinajstić information content (AvgIpc) is 2.66. The first kappa shape index (κ1) is 15.6. The minimum atomic E-state index is -0.0803. The third-order valence-electron chi connectivity index (χ3n) is 3.56. The first-order valence-electron chi connectivity index (χ1n) is 7.58. The number of benzene rings is 1. The molecule has 0 spiro atoms. The van der Waals surface area contributed by atoms with E-state index in [1.54, 1.807) is 0 Å². The maximum Gasteiger partial charge on any atom is 0.234 e. The average molecular weight is 286 g/mol. The zero-order chi connectivity index (χ0) is 15.8. The molecule has 2 rings (SSSR count). The van der Waals surface area contributed by atoms with Crippen LogP contribution < -0.4 is 0 Å². The molecular formula is C18H26N2O. The van der Waals surface area contributed by atoms with Crippen molar-refractivity contribution < 1.29 is 5.11 Å². The van der Waals surface area contributed by atoms with Crippen molar-refractivity contribution in [1.82, 2.24) is 9.78 Å². The molecule has 3 nitrogen and oxygen atoms in total. The van der Waals surface area contributed by atoms with Crippen LogP contribution in [-0.4, -0.2) is 14.9 Å². The highest BCUT2D eigenvalue weighted by Gasteiger charge is 2.28. The molecule has 0 atom stereocenters. The van der Waals surface area contributed by atoms with E-state index in [2.05, 4.69) is 70.9 Å². The zero-order valence-corrected chi connectivity index (χ0v) is 13.9. The Hall–Kier alpha value is -1.77. The number of hydrogen-bond acceptors (Lipinski definition) is 2. The number of aryl methyl sites for hydroxylation is 1. The fourth-order valence-corrected chi connectivity index (χ4v) is 2.68. The zero-order valence-electron chi connectivity index (χ0n) is 13.9. The van der Waals surface area contributed by atoms with Crippen LogP contribution in [0.4, 0.5) is 0 Å². The number of aromatic nitrogens is 2. The minimum absolute atomic E-state index is 0.0803. The molecule has 0 saturated carbocycles. The Morgan fingerprint density at radius 3 is 2.19 bits per heavy atom. The Labute approximate surface area is 127 Å². The van der Waals surface area contributed by atoms with E-state index in [0.717, 1.165) is 23.4 Å². The van der Waals surface area contributed by atoms with Gasteiger partial charge < -0.3 is 5.11 Å². The molecule has 0 aliphatic carbocycles. The van der Waals surface area contributed by atoms with E-state index in [9.17, 15) is 5.11 Å². The van der Waals surface area contributed by atoms with Crippen LogP contribution in [-0.2, 0) is 11.8 Å². The van der Waals surface area contributed by atoms with Crippen molar-refractivity contribution >= 4 is 0 Å². The predicted octanol–water partition coefficient (Wildman–Crippen LogP) is 4.38. The van der Waals surface area contributed by atoms with Crippen molar-refractivity contribution in [3.8, 4) is 11.6 Å². The summed E-state index contributed by atoms with van der Waals surface area (Å²) in [4.78, 5) is 0. The molecule has 1 aromatic heterocycles. The van der Waals surface area contributed by atoms with Gasteiger partial charge in [-0.2, -0.15) is 0 Å². The molecule has 21 heavy (non-hydrogen) atoms. The Morgan fingerprint density at radius 1 is 1.14 bits per heavy atom. The standard InChI is InChI=1S/C18H26N2O/c1-12(2)11-15-16(18(4,5)6)20(19-17(15)21)14-9-7-13(3)8-10-14/h7-10,12H,11H2,1-6H3,(H,19,21). The van der Waals surface area contributed by atoms with E-state index in [-0.39, 0.29) is 11.3 Å². The summed E-state index contributed by atoms with van der Waals surface area (Å²) in [5.74, 6) is 0.641. The van der Waals surface area contributed by atoms with Gasteiger partial charge in [-0.05, 0) is 31.4 Å². The van der Waals surface area contributed by atoms with Crippen LogP contribution in [0.5, 0.6) is 5.88 Å². The van der Waals surface area contributed by atoms with Gasteiger partial charge >= 0.3 is 0 Å². The number of rotatable bonds is 3. The van der Waals surface area contributed by atoms with Gasteiger partial charge in [0.2, 0.25) is 5.88 Å². The summed E-state index contributed by atoms with van der Waals surface area (Å²) in [7, 11) is 0. The normalized spacial score (nSPS) is 12.1. The lowest BCUT2D eigenvalue weighted by Crippen LogP contribution is -2.20. The first-order valence-corrected chi connectivity index (χ1v) is 7.58. The molecule has 114 valence electrons. The van der Waals surface area contributed by atoms with E-state index in [4.69, 9.17) is 0 Å². The van der Waals surface area contributed by atoms with E-state index in [1.807, 2.05) is 4.68 Å². The van der Waals surface area contributed by atoms with Gasteiger partial charge in [-0.25, -0.2) is 4.68 Å². The summed E-state index contributed by atoms with van der Waals surface area (Å²) in [6.45, 7) is 12.9. The number of hydrogen-bond donors (Lipinski definition) is 1. The van der Waals surface area contributed by atoms with Crippen molar-refractivity contribution in [2.24, 2.45) is 5.92 Å². The van der Waals surface area contributed by atoms with E-state index in [0.29, 0.717) is 5.92 Å². The third kappa shape index (κ3) is 3.29. The van der Waals surface area contributed by atoms with E-state index < -0.39 is 0 Å². The van der Waals surface area contributed by atoms with Crippen LogP contribution in [0.3, 0.4) is 0 Å². The maximum atomic E-state index is 10.3. The third-order valence-corrected chi connectivity index (χ3v) is 3.56. The molecule has 3 heteroatoms. The van der Waals surface area contributed by atoms with Crippen LogP contribution in [0.15, 0.2) is 24.3 Å². The molecular weight excluding hydrogens is 260 g/mol. The summed E-state index contributed by atoms with van der Waals surface area (Å²) in [6, 6.07) is 8.25. The Bertz CT molecular complexity index is 616. The molecule has 0 bridgehead atoms. The molecule has 1 N–H and O–H groups in total. The van der Waals surface area contributed by atoms with Gasteiger partial charge in [-0.15, -0.1) is 5.10 Å². The van der Waals surface area contributed by atoms with Gasteiger partial charge in [0.15, 0.2) is 0 Å². The van der Waals surface area contributed by atoms with Crippen LogP contribution in [0.1, 0.15) is 51.4 Å². The lowest BCUT2D eigenvalue weighted by molar-refractivity contribution is 0.438. The van der Waals surface area contributed by atoms with Gasteiger partial charge in [-0.3, -0.25) is 0 Å². The van der Waals surface area contributed by atoms with Gasteiger partial charge in [0, 0.05) is 11.0 Å². The molecule has 0 radical (unpaired) electrons. The maximum absolute atomic E-state index is 10.3. The van der Waals surface area contributed by atoms with Gasteiger partial charge in [-0.1, -0.05) is 52.3 Å². The smallest absolute Gasteiger partial charge is 0.234 e. The summed E-state index contributed by atoms with van der Waals surface area (Å²) in [6.07, 6.45) is 0.838. The van der Waals surface area contributed by atoms with Crippen LogP contribution in [0.25, 0.3) is 5.69 Å². The number of nitrogens with zero attached hydrogens (tertiary/aromatic N) is 2. The second-order valence-corrected chi connectivity index (χ2v) is 7.25. The van der Waals surface area contributed by atoms with Crippen molar-refractivity contribution in [2.75, 3.05) is 0 Å². The van der Waals surface area contributed by atoms with Crippen molar-refractivity contribution in [3.05, 3.63) is 41.1 Å².